The highest BCUT2D eigenvalue weighted by Crippen LogP contribution is 2.22. The Bertz CT molecular complexity index is 365. The number of hydrogen-bond acceptors (Lipinski definition) is 5. The first-order valence-electron chi connectivity index (χ1n) is 5.18. The van der Waals surface area contributed by atoms with Crippen LogP contribution in [-0.2, 0) is 17.9 Å². The van der Waals surface area contributed by atoms with Crippen molar-refractivity contribution in [3.8, 4) is 0 Å². The fourth-order valence-corrected chi connectivity index (χ4v) is 2.07. The molecule has 0 aliphatic carbocycles. The molecular formula is C9H17N5OS. The van der Waals surface area contributed by atoms with Crippen LogP contribution in [0, 0.1) is 0 Å². The second-order valence-corrected chi connectivity index (χ2v) is 4.72. The first kappa shape index (κ1) is 13.0. The fourth-order valence-electron chi connectivity index (χ4n) is 1.22. The molecular weight excluding hydrogens is 226 g/mol. The highest BCUT2D eigenvalue weighted by Gasteiger charge is 2.17. The fraction of sp³-hybridized carbons (Fsp3) is 0.667. The zero-order valence-corrected chi connectivity index (χ0v) is 10.3. The van der Waals surface area contributed by atoms with Gasteiger partial charge in [0.2, 0.25) is 5.91 Å². The van der Waals surface area contributed by atoms with Crippen LogP contribution in [0.2, 0.25) is 0 Å². The van der Waals surface area contributed by atoms with Gasteiger partial charge < -0.3 is 16.0 Å². The largest absolute Gasteiger partial charge is 0.369 e. The third-order valence-electron chi connectivity index (χ3n) is 2.11. The number of amides is 1. The highest BCUT2D eigenvalue weighted by molar-refractivity contribution is 8.00. The summed E-state index contributed by atoms with van der Waals surface area (Å²) in [6.45, 7) is 4.96. The molecule has 1 heterocycles. The molecule has 0 fully saturated rings. The van der Waals surface area contributed by atoms with E-state index < -0.39 is 0 Å². The molecule has 16 heavy (non-hydrogen) atoms. The number of thioether (sulfide) groups is 1. The van der Waals surface area contributed by atoms with Gasteiger partial charge in [0.05, 0.1) is 11.8 Å². The van der Waals surface area contributed by atoms with E-state index in [1.807, 2.05) is 4.57 Å². The van der Waals surface area contributed by atoms with E-state index in [2.05, 4.69) is 17.1 Å². The summed E-state index contributed by atoms with van der Waals surface area (Å²) in [6.07, 6.45) is 0.962. The lowest BCUT2D eigenvalue weighted by atomic mass is 10.4. The number of nitrogens with zero attached hydrogens (tertiary/aromatic N) is 3. The lowest BCUT2D eigenvalue weighted by Crippen LogP contribution is -2.23. The van der Waals surface area contributed by atoms with Crippen molar-refractivity contribution in [3.05, 3.63) is 5.82 Å². The van der Waals surface area contributed by atoms with Crippen LogP contribution < -0.4 is 11.5 Å². The van der Waals surface area contributed by atoms with Crippen molar-refractivity contribution in [3.63, 3.8) is 0 Å². The molecule has 0 aliphatic rings. The van der Waals surface area contributed by atoms with Gasteiger partial charge in [0.1, 0.15) is 5.82 Å². The average molecular weight is 243 g/mol. The Hall–Kier alpha value is -1.08. The van der Waals surface area contributed by atoms with Gasteiger partial charge in [-0.15, -0.1) is 10.2 Å². The number of aromatic nitrogens is 3. The monoisotopic (exact) mass is 243 g/mol. The van der Waals surface area contributed by atoms with Gasteiger partial charge in [-0.05, 0) is 13.3 Å². The first-order valence-corrected chi connectivity index (χ1v) is 6.06. The van der Waals surface area contributed by atoms with Crippen molar-refractivity contribution in [2.24, 2.45) is 11.5 Å². The van der Waals surface area contributed by atoms with Gasteiger partial charge in [-0.3, -0.25) is 4.79 Å². The van der Waals surface area contributed by atoms with Crippen LogP contribution in [0.4, 0.5) is 0 Å². The highest BCUT2D eigenvalue weighted by atomic mass is 32.2. The summed E-state index contributed by atoms with van der Waals surface area (Å²) < 4.78 is 1.93. The van der Waals surface area contributed by atoms with Gasteiger partial charge in [-0.2, -0.15) is 0 Å². The summed E-state index contributed by atoms with van der Waals surface area (Å²) in [5, 5.41) is 8.38. The minimum Gasteiger partial charge on any atom is -0.369 e. The number of primary amides is 1. The van der Waals surface area contributed by atoms with Gasteiger partial charge >= 0.3 is 0 Å². The van der Waals surface area contributed by atoms with Crippen LogP contribution >= 0.6 is 11.8 Å². The topological polar surface area (TPSA) is 99.8 Å². The predicted octanol–water partition coefficient (Wildman–Crippen LogP) is 0.113. The SMILES string of the molecule is CCCn1c(CN)nnc1SC(C)C(N)=O. The molecule has 0 saturated carbocycles. The molecule has 0 bridgehead atoms. The Kier molecular flexibility index (Phi) is 4.75. The minimum atomic E-state index is -0.356. The molecule has 1 atom stereocenters. The molecule has 1 aromatic rings. The summed E-state index contributed by atoms with van der Waals surface area (Å²) >= 11 is 1.31. The number of nitrogens with two attached hydrogens (primary N) is 2. The number of carbonyl (C=O) groups excluding carboxylic acids is 1. The first-order chi connectivity index (χ1) is 7.60. The maximum Gasteiger partial charge on any atom is 0.230 e. The molecule has 1 unspecified atom stereocenters. The summed E-state index contributed by atoms with van der Waals surface area (Å²) in [4.78, 5) is 11.0. The summed E-state index contributed by atoms with van der Waals surface area (Å²) in [7, 11) is 0. The van der Waals surface area contributed by atoms with E-state index in [1.165, 1.54) is 11.8 Å². The van der Waals surface area contributed by atoms with Gasteiger partial charge in [-0.1, -0.05) is 18.7 Å². The predicted molar refractivity (Wildman–Crippen MR) is 62.7 cm³/mol. The number of rotatable bonds is 6. The van der Waals surface area contributed by atoms with Crippen molar-refractivity contribution in [1.82, 2.24) is 14.8 Å². The van der Waals surface area contributed by atoms with Crippen LogP contribution in [0.25, 0.3) is 0 Å². The molecule has 90 valence electrons. The molecule has 1 amide bonds. The molecule has 0 spiro atoms. The molecule has 7 heteroatoms. The van der Waals surface area contributed by atoms with Gasteiger partial charge in [0, 0.05) is 6.54 Å². The van der Waals surface area contributed by atoms with Crippen LogP contribution in [0.5, 0.6) is 0 Å². The average Bonchev–Trinajstić information content (AvgIpc) is 2.61. The molecule has 4 N–H and O–H groups in total. The van der Waals surface area contributed by atoms with Crippen LogP contribution in [0.3, 0.4) is 0 Å². The third kappa shape index (κ3) is 2.96. The lowest BCUT2D eigenvalue weighted by Gasteiger charge is -2.09. The summed E-state index contributed by atoms with van der Waals surface area (Å²) in [6, 6.07) is 0. The number of carbonyl (C=O) groups is 1. The maximum absolute atomic E-state index is 11.0. The van der Waals surface area contributed by atoms with E-state index in [4.69, 9.17) is 11.5 Å². The minimum absolute atomic E-state index is 0.314. The Morgan fingerprint density at radius 1 is 1.56 bits per heavy atom. The lowest BCUT2D eigenvalue weighted by molar-refractivity contribution is -0.117. The van der Waals surface area contributed by atoms with Crippen molar-refractivity contribution < 1.29 is 4.79 Å². The second kappa shape index (κ2) is 5.86. The van der Waals surface area contributed by atoms with Crippen molar-refractivity contribution in [2.75, 3.05) is 0 Å². The third-order valence-corrected chi connectivity index (χ3v) is 3.20. The van der Waals surface area contributed by atoms with Gasteiger partial charge in [0.15, 0.2) is 5.16 Å². The number of hydrogen-bond donors (Lipinski definition) is 2. The Morgan fingerprint density at radius 2 is 2.25 bits per heavy atom. The van der Waals surface area contributed by atoms with E-state index in [0.717, 1.165) is 18.8 Å². The van der Waals surface area contributed by atoms with Gasteiger partial charge in [-0.25, -0.2) is 0 Å². The van der Waals surface area contributed by atoms with E-state index in [0.29, 0.717) is 11.7 Å². The molecule has 1 aromatic heterocycles. The van der Waals surface area contributed by atoms with E-state index in [1.54, 1.807) is 6.92 Å². The van der Waals surface area contributed by atoms with Crippen LogP contribution in [0.15, 0.2) is 5.16 Å². The zero-order chi connectivity index (χ0) is 12.1. The Balaban J connectivity index is 2.86. The molecule has 0 radical (unpaired) electrons. The second-order valence-electron chi connectivity index (χ2n) is 3.42. The molecule has 0 aliphatic heterocycles. The normalized spacial score (nSPS) is 12.7. The summed E-state index contributed by atoms with van der Waals surface area (Å²) in [5.41, 5.74) is 10.8. The molecule has 0 saturated heterocycles. The zero-order valence-electron chi connectivity index (χ0n) is 9.51. The molecule has 6 nitrogen and oxygen atoms in total. The molecule has 1 rings (SSSR count). The smallest absolute Gasteiger partial charge is 0.230 e. The Labute approximate surface area is 98.8 Å². The van der Waals surface area contributed by atoms with Crippen molar-refractivity contribution in [1.29, 1.82) is 0 Å². The van der Waals surface area contributed by atoms with E-state index in [-0.39, 0.29) is 11.2 Å². The van der Waals surface area contributed by atoms with E-state index in [9.17, 15) is 4.79 Å². The van der Waals surface area contributed by atoms with Crippen LogP contribution in [0.1, 0.15) is 26.1 Å². The Morgan fingerprint density at radius 3 is 2.75 bits per heavy atom. The standard InChI is InChI=1S/C9H17N5OS/c1-3-4-14-7(5-10)12-13-9(14)16-6(2)8(11)15/h6H,3-5,10H2,1-2H3,(H2,11,15). The quantitative estimate of drug-likeness (QED) is 0.691. The van der Waals surface area contributed by atoms with Crippen molar-refractivity contribution >= 4 is 17.7 Å². The maximum atomic E-state index is 11.0. The molecule has 0 aromatic carbocycles. The van der Waals surface area contributed by atoms with Crippen LogP contribution in [-0.4, -0.2) is 25.9 Å². The van der Waals surface area contributed by atoms with Crippen molar-refractivity contribution in [2.45, 2.75) is 43.8 Å². The van der Waals surface area contributed by atoms with Gasteiger partial charge in [0.25, 0.3) is 0 Å². The van der Waals surface area contributed by atoms with E-state index >= 15 is 0 Å². The summed E-state index contributed by atoms with van der Waals surface area (Å²) in [5.74, 6) is 0.381.